The molecule has 0 aliphatic heterocycles. The second-order valence-electron chi connectivity index (χ2n) is 5.13. The first-order chi connectivity index (χ1) is 9.09. The summed E-state index contributed by atoms with van der Waals surface area (Å²) in [5.41, 5.74) is -1.35. The smallest absolute Gasteiger partial charge is 0.340 e. The molecule has 1 atom stereocenters. The van der Waals surface area contributed by atoms with Gasteiger partial charge in [0.1, 0.15) is 5.75 Å². The Kier molecular flexibility index (Phi) is 4.10. The van der Waals surface area contributed by atoms with Crippen LogP contribution in [0.5, 0.6) is 5.75 Å². The summed E-state index contributed by atoms with van der Waals surface area (Å²) in [6, 6.07) is 6.65. The highest BCUT2D eigenvalue weighted by Gasteiger charge is 2.45. The van der Waals surface area contributed by atoms with E-state index in [-0.39, 0.29) is 5.92 Å². The van der Waals surface area contributed by atoms with Gasteiger partial charge in [-0.25, -0.2) is 4.79 Å². The summed E-state index contributed by atoms with van der Waals surface area (Å²) >= 11 is 0. The van der Waals surface area contributed by atoms with E-state index in [9.17, 15) is 15.0 Å². The number of rotatable bonds is 4. The maximum absolute atomic E-state index is 11.6. The Morgan fingerprint density at radius 2 is 1.79 bits per heavy atom. The first-order valence-corrected chi connectivity index (χ1v) is 6.69. The molecule has 19 heavy (non-hydrogen) atoms. The lowest BCUT2D eigenvalue weighted by molar-refractivity contribution is -0.168. The molecule has 1 unspecified atom stereocenters. The van der Waals surface area contributed by atoms with E-state index in [4.69, 9.17) is 4.74 Å². The van der Waals surface area contributed by atoms with E-state index in [2.05, 4.69) is 0 Å². The monoisotopic (exact) mass is 264 g/mol. The van der Waals surface area contributed by atoms with Gasteiger partial charge in [-0.15, -0.1) is 0 Å². The molecule has 1 saturated carbocycles. The van der Waals surface area contributed by atoms with Crippen molar-refractivity contribution in [3.8, 4) is 5.75 Å². The zero-order chi connectivity index (χ0) is 13.9. The molecule has 1 aliphatic rings. The summed E-state index contributed by atoms with van der Waals surface area (Å²) in [5, 5.41) is 20.2. The zero-order valence-corrected chi connectivity index (χ0v) is 11.1. The van der Waals surface area contributed by atoms with Crippen molar-refractivity contribution >= 4 is 5.97 Å². The van der Waals surface area contributed by atoms with Crippen LogP contribution in [0.15, 0.2) is 24.3 Å². The van der Waals surface area contributed by atoms with Gasteiger partial charge < -0.3 is 14.9 Å². The number of aliphatic carboxylic acids is 1. The van der Waals surface area contributed by atoms with Gasteiger partial charge in [-0.2, -0.15) is 0 Å². The maximum atomic E-state index is 11.6. The Morgan fingerprint density at radius 3 is 2.26 bits per heavy atom. The molecule has 0 heterocycles. The van der Waals surface area contributed by atoms with Crippen molar-refractivity contribution in [1.82, 2.24) is 0 Å². The van der Waals surface area contributed by atoms with Gasteiger partial charge in [0, 0.05) is 5.92 Å². The second kappa shape index (κ2) is 5.61. The molecule has 4 heteroatoms. The molecule has 0 bridgehead atoms. The van der Waals surface area contributed by atoms with E-state index in [1.165, 1.54) is 0 Å². The average Bonchev–Trinajstić information content (AvgIpc) is 2.47. The highest BCUT2D eigenvalue weighted by Crippen LogP contribution is 2.40. The van der Waals surface area contributed by atoms with Crippen LogP contribution in [-0.4, -0.2) is 23.3 Å². The predicted octanol–water partition coefficient (Wildman–Crippen LogP) is 2.55. The van der Waals surface area contributed by atoms with Crippen LogP contribution in [0.3, 0.4) is 0 Å². The van der Waals surface area contributed by atoms with E-state index in [1.807, 2.05) is 0 Å². The molecule has 1 aliphatic carbocycles. The number of hydrogen-bond acceptors (Lipinski definition) is 3. The van der Waals surface area contributed by atoms with Crippen LogP contribution in [0.1, 0.15) is 37.7 Å². The van der Waals surface area contributed by atoms with Crippen LogP contribution in [0, 0.1) is 5.92 Å². The van der Waals surface area contributed by atoms with E-state index < -0.39 is 11.6 Å². The zero-order valence-electron chi connectivity index (χ0n) is 11.1. The fraction of sp³-hybridized carbons (Fsp3) is 0.533. The molecule has 0 radical (unpaired) electrons. The fourth-order valence-electron chi connectivity index (χ4n) is 2.90. The minimum absolute atomic E-state index is 0.216. The molecule has 1 fully saturated rings. The molecular formula is C15H20O4. The van der Waals surface area contributed by atoms with Gasteiger partial charge in [0.15, 0.2) is 5.60 Å². The molecule has 0 saturated heterocycles. The Bertz CT molecular complexity index is 434. The minimum atomic E-state index is -1.79. The Balaban J connectivity index is 2.33. The largest absolute Gasteiger partial charge is 0.497 e. The molecule has 4 nitrogen and oxygen atoms in total. The number of aliphatic hydroxyl groups is 1. The van der Waals surface area contributed by atoms with Crippen molar-refractivity contribution in [3.05, 3.63) is 29.8 Å². The summed E-state index contributed by atoms with van der Waals surface area (Å²) in [5.74, 6) is -0.725. The Morgan fingerprint density at radius 1 is 1.21 bits per heavy atom. The lowest BCUT2D eigenvalue weighted by Gasteiger charge is -2.35. The van der Waals surface area contributed by atoms with E-state index in [1.54, 1.807) is 31.4 Å². The van der Waals surface area contributed by atoms with Gasteiger partial charge in [-0.3, -0.25) is 0 Å². The molecule has 0 aromatic heterocycles. The number of carboxylic acid groups (broad SMARTS) is 1. The molecule has 2 rings (SSSR count). The number of hydrogen-bond donors (Lipinski definition) is 2. The quantitative estimate of drug-likeness (QED) is 0.877. The molecule has 1 aromatic rings. The van der Waals surface area contributed by atoms with Crippen LogP contribution in [0.4, 0.5) is 0 Å². The highest BCUT2D eigenvalue weighted by molar-refractivity contribution is 5.79. The van der Waals surface area contributed by atoms with Crippen molar-refractivity contribution in [3.63, 3.8) is 0 Å². The SMILES string of the molecule is COc1ccc(C(O)(C(=O)O)C2CCCCC2)cc1. The van der Waals surface area contributed by atoms with Gasteiger partial charge in [0.2, 0.25) is 0 Å². The number of carbonyl (C=O) groups is 1. The number of ether oxygens (including phenoxy) is 1. The van der Waals surface area contributed by atoms with E-state index >= 15 is 0 Å². The standard InChI is InChI=1S/C15H20O4/c1-19-13-9-7-12(8-10-13)15(18,14(16)17)11-5-3-2-4-6-11/h7-11,18H,2-6H2,1H3,(H,16,17). The summed E-state index contributed by atoms with van der Waals surface area (Å²) in [6.07, 6.45) is 4.60. The van der Waals surface area contributed by atoms with Crippen molar-refractivity contribution in [1.29, 1.82) is 0 Å². The Hall–Kier alpha value is -1.55. The van der Waals surface area contributed by atoms with Gasteiger partial charge in [-0.1, -0.05) is 31.4 Å². The fourth-order valence-corrected chi connectivity index (χ4v) is 2.90. The minimum Gasteiger partial charge on any atom is -0.497 e. The topological polar surface area (TPSA) is 66.8 Å². The number of carboxylic acids is 1. The number of methoxy groups -OCH3 is 1. The van der Waals surface area contributed by atoms with Crippen molar-refractivity contribution in [2.75, 3.05) is 7.11 Å². The van der Waals surface area contributed by atoms with E-state index in [0.717, 1.165) is 32.1 Å². The summed E-state index contributed by atoms with van der Waals surface area (Å²) in [7, 11) is 1.56. The lowest BCUT2D eigenvalue weighted by Crippen LogP contribution is -2.43. The van der Waals surface area contributed by atoms with Gasteiger partial charge in [0.05, 0.1) is 7.11 Å². The summed E-state index contributed by atoms with van der Waals surface area (Å²) < 4.78 is 5.06. The third-order valence-corrected chi connectivity index (χ3v) is 4.05. The van der Waals surface area contributed by atoms with Crippen LogP contribution >= 0.6 is 0 Å². The van der Waals surface area contributed by atoms with Gasteiger partial charge in [-0.05, 0) is 30.5 Å². The molecular weight excluding hydrogens is 244 g/mol. The molecule has 0 amide bonds. The van der Waals surface area contributed by atoms with Crippen molar-refractivity contribution < 1.29 is 19.7 Å². The molecule has 104 valence electrons. The predicted molar refractivity (Wildman–Crippen MR) is 71.1 cm³/mol. The second-order valence-corrected chi connectivity index (χ2v) is 5.13. The van der Waals surface area contributed by atoms with Crippen LogP contribution in [-0.2, 0) is 10.4 Å². The maximum Gasteiger partial charge on any atom is 0.340 e. The first kappa shape index (κ1) is 13.9. The van der Waals surface area contributed by atoms with Gasteiger partial charge >= 0.3 is 5.97 Å². The van der Waals surface area contributed by atoms with Crippen LogP contribution < -0.4 is 4.74 Å². The third kappa shape index (κ3) is 2.59. The highest BCUT2D eigenvalue weighted by atomic mass is 16.5. The molecule has 1 aromatic carbocycles. The average molecular weight is 264 g/mol. The van der Waals surface area contributed by atoms with Crippen LogP contribution in [0.2, 0.25) is 0 Å². The van der Waals surface area contributed by atoms with Gasteiger partial charge in [0.25, 0.3) is 0 Å². The summed E-state index contributed by atoms with van der Waals surface area (Å²) in [6.45, 7) is 0. The number of benzene rings is 1. The third-order valence-electron chi connectivity index (χ3n) is 4.05. The van der Waals surface area contributed by atoms with Crippen molar-refractivity contribution in [2.24, 2.45) is 5.92 Å². The van der Waals surface area contributed by atoms with Crippen LogP contribution in [0.25, 0.3) is 0 Å². The van der Waals surface area contributed by atoms with Crippen molar-refractivity contribution in [2.45, 2.75) is 37.7 Å². The normalized spacial score (nSPS) is 19.7. The Labute approximate surface area is 113 Å². The first-order valence-electron chi connectivity index (χ1n) is 6.69. The lowest BCUT2D eigenvalue weighted by atomic mass is 9.73. The summed E-state index contributed by atoms with van der Waals surface area (Å²) in [4.78, 5) is 11.6. The molecule has 0 spiro atoms. The molecule has 2 N–H and O–H groups in total. The van der Waals surface area contributed by atoms with E-state index in [0.29, 0.717) is 11.3 Å².